The molecule has 2 aromatic rings. The Labute approximate surface area is 144 Å². The first-order valence-corrected chi connectivity index (χ1v) is 8.35. The van der Waals surface area contributed by atoms with Crippen molar-refractivity contribution in [2.45, 2.75) is 31.8 Å². The lowest BCUT2D eigenvalue weighted by Crippen LogP contribution is -2.46. The van der Waals surface area contributed by atoms with E-state index in [2.05, 4.69) is 10.6 Å². The highest BCUT2D eigenvalue weighted by molar-refractivity contribution is 6.09. The number of hydrogen-bond acceptors (Lipinski definition) is 4. The average molecular weight is 341 g/mol. The van der Waals surface area contributed by atoms with E-state index in [0.717, 1.165) is 28.7 Å². The Morgan fingerprint density at radius 2 is 2.12 bits per heavy atom. The molecule has 2 N–H and O–H groups in total. The topological polar surface area (TPSA) is 91.7 Å². The van der Waals surface area contributed by atoms with E-state index < -0.39 is 17.5 Å². The van der Waals surface area contributed by atoms with Crippen LogP contribution in [-0.4, -0.2) is 34.8 Å². The number of para-hydroxylation sites is 1. The molecule has 1 atom stereocenters. The fourth-order valence-electron chi connectivity index (χ4n) is 3.31. The summed E-state index contributed by atoms with van der Waals surface area (Å²) in [6.07, 6.45) is 1.85. The second-order valence-electron chi connectivity index (χ2n) is 6.83. The number of carbonyl (C=O) groups is 3. The summed E-state index contributed by atoms with van der Waals surface area (Å²) in [4.78, 5) is 37.7. The second kappa shape index (κ2) is 5.61. The molecule has 2 fully saturated rings. The third-order valence-corrected chi connectivity index (χ3v) is 4.93. The number of carbonyl (C=O) groups excluding carboxylic acids is 3. The van der Waals surface area contributed by atoms with Gasteiger partial charge in [0.25, 0.3) is 5.91 Å². The monoisotopic (exact) mass is 341 g/mol. The smallest absolute Gasteiger partial charge is 0.325 e. The largest absolute Gasteiger partial charge is 0.459 e. The first kappa shape index (κ1) is 15.7. The molecule has 0 spiro atoms. The Bertz CT molecular complexity index is 837. The summed E-state index contributed by atoms with van der Waals surface area (Å²) in [6, 6.07) is 8.92. The maximum atomic E-state index is 12.5. The SMILES string of the molecule is CC1(C2CC2)NC(=O)N(CC(=O)NCc2cc3ccccc3o2)C1=O. The van der Waals surface area contributed by atoms with Gasteiger partial charge in [-0.15, -0.1) is 0 Å². The van der Waals surface area contributed by atoms with Gasteiger partial charge in [0.05, 0.1) is 6.54 Å². The third-order valence-electron chi connectivity index (χ3n) is 4.93. The van der Waals surface area contributed by atoms with Crippen molar-refractivity contribution in [2.75, 3.05) is 6.54 Å². The van der Waals surface area contributed by atoms with Crippen molar-refractivity contribution < 1.29 is 18.8 Å². The first-order chi connectivity index (χ1) is 12.0. The highest BCUT2D eigenvalue weighted by Crippen LogP contribution is 2.42. The van der Waals surface area contributed by atoms with E-state index in [-0.39, 0.29) is 24.9 Å². The van der Waals surface area contributed by atoms with Gasteiger partial charge in [-0.1, -0.05) is 18.2 Å². The Morgan fingerprint density at radius 3 is 2.84 bits per heavy atom. The van der Waals surface area contributed by atoms with Gasteiger partial charge in [0.2, 0.25) is 5.91 Å². The van der Waals surface area contributed by atoms with Crippen LogP contribution in [0.1, 0.15) is 25.5 Å². The van der Waals surface area contributed by atoms with Crippen LogP contribution in [0.5, 0.6) is 0 Å². The van der Waals surface area contributed by atoms with E-state index in [1.54, 1.807) is 6.92 Å². The molecule has 0 radical (unpaired) electrons. The second-order valence-corrected chi connectivity index (χ2v) is 6.83. The van der Waals surface area contributed by atoms with Gasteiger partial charge in [0.1, 0.15) is 23.4 Å². The number of urea groups is 1. The molecular formula is C18H19N3O4. The number of nitrogens with one attached hydrogen (secondary N) is 2. The molecule has 1 aromatic heterocycles. The van der Waals surface area contributed by atoms with Crippen LogP contribution in [0.15, 0.2) is 34.7 Å². The molecule has 1 unspecified atom stereocenters. The fraction of sp³-hybridized carbons (Fsp3) is 0.389. The minimum atomic E-state index is -0.865. The molecule has 130 valence electrons. The third kappa shape index (κ3) is 2.75. The molecule has 2 aliphatic rings. The van der Waals surface area contributed by atoms with Crippen LogP contribution in [-0.2, 0) is 16.1 Å². The van der Waals surface area contributed by atoms with Gasteiger partial charge in [-0.2, -0.15) is 0 Å². The van der Waals surface area contributed by atoms with E-state index >= 15 is 0 Å². The van der Waals surface area contributed by atoms with Crippen molar-refractivity contribution in [3.63, 3.8) is 0 Å². The molecule has 1 aliphatic heterocycles. The molecule has 1 saturated heterocycles. The standard InChI is InChI=1S/C18H19N3O4/c1-18(12-6-7-12)16(23)21(17(24)20-18)10-15(22)19-9-13-8-11-4-2-3-5-14(11)25-13/h2-5,8,12H,6-7,9-10H2,1H3,(H,19,22)(H,20,24). The van der Waals surface area contributed by atoms with Crippen molar-refractivity contribution in [3.05, 3.63) is 36.1 Å². The van der Waals surface area contributed by atoms with Crippen LogP contribution in [0.3, 0.4) is 0 Å². The summed E-state index contributed by atoms with van der Waals surface area (Å²) in [7, 11) is 0. The summed E-state index contributed by atoms with van der Waals surface area (Å²) >= 11 is 0. The van der Waals surface area contributed by atoms with E-state index in [4.69, 9.17) is 4.42 Å². The van der Waals surface area contributed by atoms with E-state index in [1.165, 1.54) is 0 Å². The number of amides is 4. The molecule has 25 heavy (non-hydrogen) atoms. The first-order valence-electron chi connectivity index (χ1n) is 8.35. The Balaban J connectivity index is 1.37. The Morgan fingerprint density at radius 1 is 1.36 bits per heavy atom. The number of imide groups is 1. The molecule has 7 heteroatoms. The van der Waals surface area contributed by atoms with Gasteiger partial charge < -0.3 is 15.1 Å². The lowest BCUT2D eigenvalue weighted by Gasteiger charge is -2.20. The molecule has 1 saturated carbocycles. The molecule has 4 rings (SSSR count). The quantitative estimate of drug-likeness (QED) is 0.811. The summed E-state index contributed by atoms with van der Waals surface area (Å²) in [6.45, 7) is 1.65. The average Bonchev–Trinajstić information content (AvgIpc) is 3.33. The van der Waals surface area contributed by atoms with Gasteiger partial charge in [0.15, 0.2) is 0 Å². The number of benzene rings is 1. The number of hydrogen-bond donors (Lipinski definition) is 2. The van der Waals surface area contributed by atoms with Gasteiger partial charge in [0, 0.05) is 5.39 Å². The maximum Gasteiger partial charge on any atom is 0.325 e. The van der Waals surface area contributed by atoms with Crippen molar-refractivity contribution in [1.82, 2.24) is 15.5 Å². The van der Waals surface area contributed by atoms with Crippen molar-refractivity contribution >= 4 is 28.8 Å². The minimum Gasteiger partial charge on any atom is -0.459 e. The normalized spacial score (nSPS) is 23.2. The molecule has 0 bridgehead atoms. The van der Waals surface area contributed by atoms with Crippen molar-refractivity contribution in [2.24, 2.45) is 5.92 Å². The fourth-order valence-corrected chi connectivity index (χ4v) is 3.31. The van der Waals surface area contributed by atoms with E-state index in [9.17, 15) is 14.4 Å². The maximum absolute atomic E-state index is 12.5. The van der Waals surface area contributed by atoms with Gasteiger partial charge >= 0.3 is 6.03 Å². The summed E-state index contributed by atoms with van der Waals surface area (Å²) < 4.78 is 5.63. The van der Waals surface area contributed by atoms with E-state index in [1.807, 2.05) is 30.3 Å². The van der Waals surface area contributed by atoms with Crippen molar-refractivity contribution in [3.8, 4) is 0 Å². The summed E-state index contributed by atoms with van der Waals surface area (Å²) in [5, 5.41) is 6.38. The predicted octanol–water partition coefficient (Wildman–Crippen LogP) is 1.77. The zero-order chi connectivity index (χ0) is 17.6. The van der Waals surface area contributed by atoms with Gasteiger partial charge in [-0.25, -0.2) is 4.79 Å². The Kier molecular flexibility index (Phi) is 3.52. The van der Waals surface area contributed by atoms with Crippen LogP contribution >= 0.6 is 0 Å². The Hall–Kier alpha value is -2.83. The van der Waals surface area contributed by atoms with Gasteiger partial charge in [-0.05, 0) is 37.8 Å². The van der Waals surface area contributed by atoms with Gasteiger partial charge in [-0.3, -0.25) is 14.5 Å². The molecule has 2 heterocycles. The van der Waals surface area contributed by atoms with Crippen LogP contribution in [0.2, 0.25) is 0 Å². The highest BCUT2D eigenvalue weighted by Gasteiger charge is 2.56. The number of rotatable bonds is 5. The molecule has 1 aromatic carbocycles. The van der Waals surface area contributed by atoms with Crippen LogP contribution in [0.4, 0.5) is 4.79 Å². The van der Waals surface area contributed by atoms with Crippen LogP contribution in [0.25, 0.3) is 11.0 Å². The number of nitrogens with zero attached hydrogens (tertiary/aromatic N) is 1. The van der Waals surface area contributed by atoms with Crippen LogP contribution < -0.4 is 10.6 Å². The summed E-state index contributed by atoms with van der Waals surface area (Å²) in [5.41, 5.74) is -0.114. The molecule has 7 nitrogen and oxygen atoms in total. The van der Waals surface area contributed by atoms with E-state index in [0.29, 0.717) is 5.76 Å². The predicted molar refractivity (Wildman–Crippen MR) is 89.4 cm³/mol. The zero-order valence-electron chi connectivity index (χ0n) is 13.9. The minimum absolute atomic E-state index is 0.174. The number of fused-ring (bicyclic) bond motifs is 1. The molecular weight excluding hydrogens is 322 g/mol. The van der Waals surface area contributed by atoms with Crippen molar-refractivity contribution in [1.29, 1.82) is 0 Å². The lowest BCUT2D eigenvalue weighted by molar-refractivity contribution is -0.135. The molecule has 4 amide bonds. The zero-order valence-corrected chi connectivity index (χ0v) is 13.9. The molecule has 1 aliphatic carbocycles. The van der Waals surface area contributed by atoms with Crippen LogP contribution in [0, 0.1) is 5.92 Å². The number of furan rings is 1. The highest BCUT2D eigenvalue weighted by atomic mass is 16.3. The lowest BCUT2D eigenvalue weighted by atomic mass is 9.96. The summed E-state index contributed by atoms with van der Waals surface area (Å²) in [5.74, 6) is 0.0741.